The van der Waals surface area contributed by atoms with Crippen LogP contribution in [0.2, 0.25) is 0 Å². The van der Waals surface area contributed by atoms with Gasteiger partial charge in [0.15, 0.2) is 5.17 Å². The highest BCUT2D eigenvalue weighted by Crippen LogP contribution is 2.33. The van der Waals surface area contributed by atoms with Crippen molar-refractivity contribution in [2.24, 2.45) is 15.9 Å². The summed E-state index contributed by atoms with van der Waals surface area (Å²) in [5.74, 6) is 0.600. The van der Waals surface area contributed by atoms with Crippen LogP contribution < -0.4 is 5.73 Å². The van der Waals surface area contributed by atoms with Gasteiger partial charge in [-0.25, -0.2) is 4.98 Å². The number of halogens is 3. The zero-order chi connectivity index (χ0) is 23.8. The average Bonchev–Trinajstić information content (AvgIpc) is 2.79. The molecule has 0 saturated heterocycles. The van der Waals surface area contributed by atoms with Gasteiger partial charge in [-0.15, -0.1) is 5.10 Å². The maximum absolute atomic E-state index is 12.7. The third kappa shape index (κ3) is 7.32. The molecule has 0 aliphatic rings. The highest BCUT2D eigenvalue weighted by atomic mass is 32.2. The molecule has 1 heterocycles. The molecule has 2 aromatic carbocycles. The summed E-state index contributed by atoms with van der Waals surface area (Å²) in [6.45, 7) is 0. The minimum absolute atomic E-state index is 0.170. The molecule has 0 spiro atoms. The Morgan fingerprint density at radius 3 is 2.55 bits per heavy atom. The maximum atomic E-state index is 12.7. The molecule has 3 rings (SSSR count). The number of hydrogen-bond acceptors (Lipinski definition) is 7. The van der Waals surface area contributed by atoms with E-state index in [4.69, 9.17) is 5.73 Å². The van der Waals surface area contributed by atoms with Crippen molar-refractivity contribution in [1.82, 2.24) is 4.98 Å². The van der Waals surface area contributed by atoms with Crippen LogP contribution >= 0.6 is 23.5 Å². The van der Waals surface area contributed by atoms with E-state index in [0.717, 1.165) is 29.6 Å². The Balaban J connectivity index is 1.76. The highest BCUT2D eigenvalue weighted by Gasteiger charge is 2.30. The molecular weight excluding hydrogens is 475 g/mol. The highest BCUT2D eigenvalue weighted by molar-refractivity contribution is 8.13. The number of nitrogens with zero attached hydrogens (tertiary/aromatic N) is 4. The Morgan fingerprint density at radius 1 is 1.15 bits per heavy atom. The summed E-state index contributed by atoms with van der Waals surface area (Å²) in [5.41, 5.74) is 6.23. The van der Waals surface area contributed by atoms with Gasteiger partial charge in [0, 0.05) is 34.5 Å². The smallest absolute Gasteiger partial charge is 0.377 e. The summed E-state index contributed by atoms with van der Waals surface area (Å²) in [4.78, 5) is 14.9. The van der Waals surface area contributed by atoms with Crippen LogP contribution in [0.1, 0.15) is 16.7 Å². The molecule has 0 saturated carbocycles. The largest absolute Gasteiger partial charge is 0.417 e. The first-order chi connectivity index (χ1) is 15.7. The molecule has 0 aliphatic heterocycles. The number of rotatable bonds is 7. The third-order valence-electron chi connectivity index (χ3n) is 4.07. The molecule has 7 nitrogen and oxygen atoms in total. The Kier molecular flexibility index (Phi) is 8.06. The van der Waals surface area contributed by atoms with Crippen LogP contribution in [0.15, 0.2) is 87.0 Å². The normalized spacial score (nSPS) is 12.3. The molecule has 0 fully saturated rings. The molecule has 0 aliphatic carbocycles. The van der Waals surface area contributed by atoms with Crippen molar-refractivity contribution >= 4 is 40.6 Å². The van der Waals surface area contributed by atoms with Crippen molar-refractivity contribution in [3.63, 3.8) is 0 Å². The van der Waals surface area contributed by atoms with E-state index in [1.54, 1.807) is 0 Å². The first-order valence-corrected chi connectivity index (χ1v) is 11.1. The van der Waals surface area contributed by atoms with Crippen LogP contribution in [0.3, 0.4) is 0 Å². The van der Waals surface area contributed by atoms with Gasteiger partial charge in [0.05, 0.1) is 16.7 Å². The molecule has 0 atom stereocenters. The lowest BCUT2D eigenvalue weighted by atomic mass is 10.2. The minimum Gasteiger partial charge on any atom is -0.377 e. The molecule has 33 heavy (non-hydrogen) atoms. The number of thioether (sulfide) groups is 1. The minimum atomic E-state index is -4.49. The zero-order valence-corrected chi connectivity index (χ0v) is 18.4. The lowest BCUT2D eigenvalue weighted by molar-refractivity contribution is -0.384. The number of nitro groups is 1. The molecule has 1 aromatic heterocycles. The van der Waals surface area contributed by atoms with Gasteiger partial charge in [0.2, 0.25) is 0 Å². The number of benzene rings is 2. The SMILES string of the molecule is NC(=NN=Cc1cc([N+](=O)[O-])ccc1Sc1ccc(C(F)(F)F)cn1)SCc1ccccc1. The van der Waals surface area contributed by atoms with Crippen molar-refractivity contribution in [3.8, 4) is 0 Å². The van der Waals surface area contributed by atoms with Crippen molar-refractivity contribution in [2.45, 2.75) is 21.9 Å². The van der Waals surface area contributed by atoms with Crippen LogP contribution in [0, 0.1) is 10.1 Å². The van der Waals surface area contributed by atoms with Crippen molar-refractivity contribution in [1.29, 1.82) is 0 Å². The standard InChI is InChI=1S/C21H16F3N5O2S2/c22-21(23,24)16-6-9-19(26-12-16)33-18-8-7-17(29(30)31)10-15(18)11-27-28-20(25)32-13-14-4-2-1-3-5-14/h1-12H,13H2,(H2,25,28). The molecule has 12 heteroatoms. The zero-order valence-electron chi connectivity index (χ0n) is 16.8. The number of amidine groups is 1. The second-order valence-corrected chi connectivity index (χ2v) is 8.48. The Bertz CT molecular complexity index is 1170. The summed E-state index contributed by atoms with van der Waals surface area (Å²) < 4.78 is 38.2. The van der Waals surface area contributed by atoms with Gasteiger partial charge in [0.1, 0.15) is 5.03 Å². The summed E-state index contributed by atoms with van der Waals surface area (Å²) in [6.07, 6.45) is -2.45. The second kappa shape index (κ2) is 11.0. The van der Waals surface area contributed by atoms with E-state index >= 15 is 0 Å². The van der Waals surface area contributed by atoms with Crippen molar-refractivity contribution in [3.05, 3.63) is 93.7 Å². The van der Waals surface area contributed by atoms with Gasteiger partial charge in [-0.05, 0) is 23.8 Å². The van der Waals surface area contributed by atoms with Gasteiger partial charge in [-0.3, -0.25) is 10.1 Å². The lowest BCUT2D eigenvalue weighted by Gasteiger charge is -2.08. The van der Waals surface area contributed by atoms with E-state index < -0.39 is 16.7 Å². The Hall–Kier alpha value is -3.38. The van der Waals surface area contributed by atoms with Gasteiger partial charge in [0.25, 0.3) is 5.69 Å². The topological polar surface area (TPSA) is 107 Å². The fourth-order valence-corrected chi connectivity index (χ4v) is 3.92. The number of non-ortho nitro benzene ring substituents is 1. The van der Waals surface area contributed by atoms with Crippen LogP contribution in [0.25, 0.3) is 0 Å². The summed E-state index contributed by atoms with van der Waals surface area (Å²) in [5, 5.41) is 19.5. The van der Waals surface area contributed by atoms with Crippen molar-refractivity contribution < 1.29 is 18.1 Å². The third-order valence-corrected chi connectivity index (χ3v) is 5.96. The van der Waals surface area contributed by atoms with Crippen LogP contribution in [-0.2, 0) is 11.9 Å². The number of aromatic nitrogens is 1. The molecular formula is C21H16F3N5O2S2. The molecule has 170 valence electrons. The summed E-state index contributed by atoms with van der Waals surface area (Å²) >= 11 is 2.32. The molecule has 3 aromatic rings. The van der Waals surface area contributed by atoms with Gasteiger partial charge >= 0.3 is 6.18 Å². The molecule has 0 bridgehead atoms. The van der Waals surface area contributed by atoms with E-state index in [1.165, 1.54) is 42.2 Å². The first kappa shape index (κ1) is 24.3. The summed E-state index contributed by atoms with van der Waals surface area (Å²) in [7, 11) is 0. The Morgan fingerprint density at radius 2 is 1.91 bits per heavy atom. The lowest BCUT2D eigenvalue weighted by Crippen LogP contribution is -2.06. The predicted molar refractivity (Wildman–Crippen MR) is 123 cm³/mol. The van der Waals surface area contributed by atoms with E-state index in [1.807, 2.05) is 30.3 Å². The summed E-state index contributed by atoms with van der Waals surface area (Å²) in [6, 6.07) is 15.8. The number of pyridine rings is 1. The number of alkyl halides is 3. The predicted octanol–water partition coefficient (Wildman–Crippen LogP) is 5.74. The van der Waals surface area contributed by atoms with Gasteiger partial charge in [-0.1, -0.05) is 53.9 Å². The van der Waals surface area contributed by atoms with E-state index in [0.29, 0.717) is 16.2 Å². The average molecular weight is 492 g/mol. The van der Waals surface area contributed by atoms with Gasteiger partial charge < -0.3 is 5.73 Å². The molecule has 0 amide bonds. The van der Waals surface area contributed by atoms with Gasteiger partial charge in [-0.2, -0.15) is 18.3 Å². The molecule has 2 N–H and O–H groups in total. The quantitative estimate of drug-likeness (QED) is 0.195. The van der Waals surface area contributed by atoms with Crippen LogP contribution in [0.4, 0.5) is 18.9 Å². The fraction of sp³-hybridized carbons (Fsp3) is 0.0952. The molecule has 0 unspecified atom stereocenters. The van der Waals surface area contributed by atoms with E-state index in [2.05, 4.69) is 15.2 Å². The fourth-order valence-electron chi connectivity index (χ4n) is 2.47. The van der Waals surface area contributed by atoms with E-state index in [-0.39, 0.29) is 15.9 Å². The maximum Gasteiger partial charge on any atom is 0.417 e. The number of nitro benzene ring substituents is 1. The Labute approximate surface area is 195 Å². The van der Waals surface area contributed by atoms with E-state index in [9.17, 15) is 23.3 Å². The first-order valence-electron chi connectivity index (χ1n) is 9.25. The van der Waals surface area contributed by atoms with Crippen LogP contribution in [0.5, 0.6) is 0 Å². The van der Waals surface area contributed by atoms with Crippen molar-refractivity contribution in [2.75, 3.05) is 0 Å². The second-order valence-electron chi connectivity index (χ2n) is 6.42. The van der Waals surface area contributed by atoms with Crippen LogP contribution in [-0.4, -0.2) is 21.3 Å². The number of hydrogen-bond donors (Lipinski definition) is 1. The number of nitrogens with two attached hydrogens (primary N) is 1. The molecule has 0 radical (unpaired) electrons. The monoisotopic (exact) mass is 491 g/mol.